The number of carbonyl (C=O) groups excluding carboxylic acids is 1. The van der Waals surface area contributed by atoms with Crippen LogP contribution in [-0.4, -0.2) is 35.0 Å². The van der Waals surface area contributed by atoms with Crippen LogP contribution in [0.5, 0.6) is 11.6 Å². The first-order valence-corrected chi connectivity index (χ1v) is 10.5. The van der Waals surface area contributed by atoms with Crippen LogP contribution in [0.15, 0.2) is 77.8 Å². The number of H-pyrrole nitrogens is 1. The first-order valence-electron chi connectivity index (χ1n) is 10.5. The van der Waals surface area contributed by atoms with Crippen molar-refractivity contribution in [3.8, 4) is 11.6 Å². The quantitative estimate of drug-likeness (QED) is 0.296. The number of hydrogen-bond donors (Lipinski definition) is 2. The third-order valence-electron chi connectivity index (χ3n) is 4.96. The van der Waals surface area contributed by atoms with Gasteiger partial charge in [-0.25, -0.2) is 9.79 Å². The van der Waals surface area contributed by atoms with Crippen LogP contribution in [0.25, 0.3) is 10.9 Å². The predicted molar refractivity (Wildman–Crippen MR) is 125 cm³/mol. The van der Waals surface area contributed by atoms with Gasteiger partial charge in [0.2, 0.25) is 0 Å². The van der Waals surface area contributed by atoms with Crippen LogP contribution in [0.2, 0.25) is 0 Å². The van der Waals surface area contributed by atoms with Crippen molar-refractivity contribution in [2.45, 2.75) is 13.8 Å². The van der Waals surface area contributed by atoms with Crippen LogP contribution >= 0.6 is 0 Å². The molecule has 0 bridgehead atoms. The fourth-order valence-corrected chi connectivity index (χ4v) is 3.54. The van der Waals surface area contributed by atoms with E-state index in [-0.39, 0.29) is 5.88 Å². The van der Waals surface area contributed by atoms with Gasteiger partial charge in [-0.3, -0.25) is 0 Å². The zero-order valence-electron chi connectivity index (χ0n) is 18.0. The summed E-state index contributed by atoms with van der Waals surface area (Å²) < 4.78 is 10.6. The van der Waals surface area contributed by atoms with Gasteiger partial charge in [-0.05, 0) is 50.2 Å². The summed E-state index contributed by atoms with van der Waals surface area (Å²) in [5, 5.41) is 11.6. The Morgan fingerprint density at radius 3 is 2.38 bits per heavy atom. The van der Waals surface area contributed by atoms with Gasteiger partial charge in [-0.2, -0.15) is 0 Å². The second kappa shape index (κ2) is 9.39. The van der Waals surface area contributed by atoms with Crippen LogP contribution in [0.1, 0.15) is 35.3 Å². The average molecular weight is 428 g/mol. The monoisotopic (exact) mass is 428 g/mol. The number of esters is 1. The maximum Gasteiger partial charge on any atom is 0.338 e. The summed E-state index contributed by atoms with van der Waals surface area (Å²) in [7, 11) is 0. The second-order valence-corrected chi connectivity index (χ2v) is 7.08. The molecule has 6 nitrogen and oxygen atoms in total. The topological polar surface area (TPSA) is 83.9 Å². The van der Waals surface area contributed by atoms with Crippen LogP contribution in [-0.2, 0) is 4.74 Å². The summed E-state index contributed by atoms with van der Waals surface area (Å²) in [5.74, 6) is 0.347. The fourth-order valence-electron chi connectivity index (χ4n) is 3.54. The molecule has 0 aliphatic carbocycles. The first kappa shape index (κ1) is 21.2. The third-order valence-corrected chi connectivity index (χ3v) is 4.96. The summed E-state index contributed by atoms with van der Waals surface area (Å²) in [4.78, 5) is 20.0. The van der Waals surface area contributed by atoms with Gasteiger partial charge in [0.15, 0.2) is 5.88 Å². The van der Waals surface area contributed by atoms with E-state index in [0.29, 0.717) is 35.6 Å². The van der Waals surface area contributed by atoms with Gasteiger partial charge in [0.05, 0.1) is 35.7 Å². The molecule has 0 saturated heterocycles. The number of aromatic amines is 1. The van der Waals surface area contributed by atoms with Gasteiger partial charge >= 0.3 is 5.97 Å². The molecule has 0 radical (unpaired) electrons. The third kappa shape index (κ3) is 4.34. The molecule has 3 aromatic carbocycles. The van der Waals surface area contributed by atoms with Crippen molar-refractivity contribution in [3.05, 3.63) is 89.5 Å². The Kier molecular flexibility index (Phi) is 6.22. The molecule has 162 valence electrons. The minimum atomic E-state index is -0.406. The minimum Gasteiger partial charge on any atom is -0.494 e. The van der Waals surface area contributed by atoms with E-state index in [4.69, 9.17) is 14.5 Å². The Balaban J connectivity index is 1.84. The molecular weight excluding hydrogens is 404 g/mol. The number of fused-ring (bicyclic) bond motifs is 1. The number of rotatable bonds is 7. The smallest absolute Gasteiger partial charge is 0.338 e. The van der Waals surface area contributed by atoms with E-state index in [0.717, 1.165) is 22.4 Å². The number of ether oxygens (including phenoxy) is 2. The van der Waals surface area contributed by atoms with Crippen molar-refractivity contribution in [1.82, 2.24) is 4.98 Å². The summed E-state index contributed by atoms with van der Waals surface area (Å²) in [6.45, 7) is 4.59. The highest BCUT2D eigenvalue weighted by atomic mass is 16.5. The molecular formula is C26H24N2O4. The van der Waals surface area contributed by atoms with Gasteiger partial charge in [0, 0.05) is 16.5 Å². The minimum absolute atomic E-state index is 0.0189. The molecule has 1 heterocycles. The highest BCUT2D eigenvalue weighted by Crippen LogP contribution is 2.32. The highest BCUT2D eigenvalue weighted by molar-refractivity contribution is 6.22. The molecule has 32 heavy (non-hydrogen) atoms. The van der Waals surface area contributed by atoms with Crippen LogP contribution in [0.3, 0.4) is 0 Å². The zero-order chi connectivity index (χ0) is 22.5. The van der Waals surface area contributed by atoms with Crippen molar-refractivity contribution in [1.29, 1.82) is 0 Å². The van der Waals surface area contributed by atoms with Crippen molar-refractivity contribution in [2.24, 2.45) is 4.99 Å². The average Bonchev–Trinajstić information content (AvgIpc) is 3.14. The number of aliphatic imine (C=N–C) groups is 1. The van der Waals surface area contributed by atoms with E-state index in [1.807, 2.05) is 61.5 Å². The van der Waals surface area contributed by atoms with Crippen LogP contribution in [0, 0.1) is 0 Å². The van der Waals surface area contributed by atoms with Crippen LogP contribution < -0.4 is 4.74 Å². The maximum atomic E-state index is 12.1. The molecule has 0 spiro atoms. The maximum absolute atomic E-state index is 12.1. The number of nitrogens with one attached hydrogen (secondary N) is 1. The molecule has 4 rings (SSSR count). The summed E-state index contributed by atoms with van der Waals surface area (Å²) in [6, 6.07) is 22.3. The van der Waals surface area contributed by atoms with Gasteiger partial charge in [0.25, 0.3) is 0 Å². The van der Waals surface area contributed by atoms with Gasteiger partial charge in [-0.1, -0.05) is 36.4 Å². The largest absolute Gasteiger partial charge is 0.494 e. The molecule has 1 aromatic heterocycles. The lowest BCUT2D eigenvalue weighted by Crippen LogP contribution is -2.05. The Labute approximate surface area is 186 Å². The Morgan fingerprint density at radius 1 is 0.938 bits per heavy atom. The van der Waals surface area contributed by atoms with Crippen molar-refractivity contribution < 1.29 is 19.4 Å². The standard InChI is InChI=1S/C26H24N2O4/c1-3-31-20-13-11-19(12-14-20)27-24(17-8-6-5-7-9-17)23-21-15-10-18(26(30)32-4-2)16-22(21)28-25(23)29/h5-16,28-29H,3-4H2,1-2H3. The van der Waals surface area contributed by atoms with Gasteiger partial charge < -0.3 is 19.6 Å². The molecule has 0 saturated carbocycles. The molecule has 0 atom stereocenters. The van der Waals surface area contributed by atoms with Crippen LogP contribution in [0.4, 0.5) is 5.69 Å². The summed E-state index contributed by atoms with van der Waals surface area (Å²) >= 11 is 0. The molecule has 2 N–H and O–H groups in total. The van der Waals surface area contributed by atoms with Crippen molar-refractivity contribution >= 4 is 28.3 Å². The lowest BCUT2D eigenvalue weighted by Gasteiger charge is -2.09. The summed E-state index contributed by atoms with van der Waals surface area (Å²) in [6.07, 6.45) is 0. The molecule has 0 aliphatic heterocycles. The van der Waals surface area contributed by atoms with Crippen molar-refractivity contribution in [3.63, 3.8) is 0 Å². The van der Waals surface area contributed by atoms with Gasteiger partial charge in [0.1, 0.15) is 5.75 Å². The Morgan fingerprint density at radius 2 is 1.69 bits per heavy atom. The number of carbonyl (C=O) groups is 1. The number of aromatic nitrogens is 1. The number of benzene rings is 3. The highest BCUT2D eigenvalue weighted by Gasteiger charge is 2.20. The lowest BCUT2D eigenvalue weighted by molar-refractivity contribution is 0.0526. The number of nitrogens with zero attached hydrogens (tertiary/aromatic N) is 1. The van der Waals surface area contributed by atoms with Crippen molar-refractivity contribution in [2.75, 3.05) is 13.2 Å². The molecule has 4 aromatic rings. The molecule has 0 fully saturated rings. The van der Waals surface area contributed by atoms with E-state index in [2.05, 4.69) is 4.98 Å². The molecule has 0 amide bonds. The molecule has 0 unspecified atom stereocenters. The summed E-state index contributed by atoms with van der Waals surface area (Å²) in [5.41, 5.74) is 3.80. The van der Waals surface area contributed by atoms with E-state index in [9.17, 15) is 9.90 Å². The van der Waals surface area contributed by atoms with E-state index >= 15 is 0 Å². The number of hydrogen-bond acceptors (Lipinski definition) is 5. The molecule has 6 heteroatoms. The predicted octanol–water partition coefficient (Wildman–Crippen LogP) is 5.62. The zero-order valence-corrected chi connectivity index (χ0v) is 18.0. The molecule has 0 aliphatic rings. The fraction of sp³-hybridized carbons (Fsp3) is 0.154. The van der Waals surface area contributed by atoms with E-state index in [1.165, 1.54) is 0 Å². The Bertz CT molecular complexity index is 1260. The number of aromatic hydroxyl groups is 1. The SMILES string of the molecule is CCOC(=O)c1ccc2c(C(=Nc3ccc(OCC)cc3)c3ccccc3)c(O)[nH]c2c1. The lowest BCUT2D eigenvalue weighted by atomic mass is 10.00. The van der Waals surface area contributed by atoms with E-state index < -0.39 is 5.97 Å². The van der Waals surface area contributed by atoms with Gasteiger partial charge in [-0.15, -0.1) is 0 Å². The second-order valence-electron chi connectivity index (χ2n) is 7.08. The van der Waals surface area contributed by atoms with E-state index in [1.54, 1.807) is 25.1 Å². The first-order chi connectivity index (χ1) is 15.6. The Hall–Kier alpha value is -4.06. The normalized spacial score (nSPS) is 11.5.